The topological polar surface area (TPSA) is 83.3 Å². The maximum absolute atomic E-state index is 12.2. The lowest BCUT2D eigenvalue weighted by molar-refractivity contribution is 0.0322. The molecule has 2 N–H and O–H groups in total. The summed E-state index contributed by atoms with van der Waals surface area (Å²) >= 11 is 0. The van der Waals surface area contributed by atoms with Crippen molar-refractivity contribution in [3.63, 3.8) is 0 Å². The van der Waals surface area contributed by atoms with Gasteiger partial charge in [-0.3, -0.25) is 4.57 Å². The molecule has 19 heavy (non-hydrogen) atoms. The van der Waals surface area contributed by atoms with Crippen LogP contribution in [0.2, 0.25) is 0 Å². The van der Waals surface area contributed by atoms with E-state index in [9.17, 15) is 4.79 Å². The molecule has 7 nitrogen and oxygen atoms in total. The second-order valence-electron chi connectivity index (χ2n) is 4.03. The van der Waals surface area contributed by atoms with Gasteiger partial charge in [0.05, 0.1) is 0 Å². The minimum Gasteiger partial charge on any atom is -0.447 e. The van der Waals surface area contributed by atoms with Gasteiger partial charge < -0.3 is 23.7 Å². The van der Waals surface area contributed by atoms with E-state index >= 15 is 0 Å². The van der Waals surface area contributed by atoms with Gasteiger partial charge in [-0.15, -0.1) is 0 Å². The van der Waals surface area contributed by atoms with Gasteiger partial charge in [0.2, 0.25) is 0 Å². The van der Waals surface area contributed by atoms with Gasteiger partial charge in [0.1, 0.15) is 6.10 Å². The number of hydrogen-bond donors (Lipinski definition) is 1. The van der Waals surface area contributed by atoms with Gasteiger partial charge in [-0.25, -0.2) is 4.79 Å². The average Bonchev–Trinajstić information content (AvgIpc) is 2.43. The summed E-state index contributed by atoms with van der Waals surface area (Å²) in [5, 5.41) is 0. The first-order valence-corrected chi connectivity index (χ1v) is 8.02. The lowest BCUT2D eigenvalue weighted by Gasteiger charge is -2.34. The third-order valence-electron chi connectivity index (χ3n) is 2.79. The molecule has 0 aliphatic heterocycles. The second-order valence-corrected chi connectivity index (χ2v) is 6.85. The molecule has 1 unspecified atom stereocenters. The summed E-state index contributed by atoms with van der Waals surface area (Å²) < 4.78 is 22.6. The minimum absolute atomic E-state index is 0.176. The van der Waals surface area contributed by atoms with Crippen molar-refractivity contribution in [2.75, 3.05) is 34.4 Å². The highest BCUT2D eigenvalue weighted by Gasteiger charge is 2.50. The van der Waals surface area contributed by atoms with Crippen molar-refractivity contribution in [2.45, 2.75) is 32.8 Å². The molecule has 0 saturated carbocycles. The molecule has 0 aromatic heterocycles. The van der Waals surface area contributed by atoms with Crippen molar-refractivity contribution in [3.8, 4) is 0 Å². The van der Waals surface area contributed by atoms with Gasteiger partial charge >= 0.3 is 15.1 Å². The first kappa shape index (κ1) is 18.3. The number of rotatable bonds is 9. The summed E-state index contributed by atoms with van der Waals surface area (Å²) in [6.07, 6.45) is 0.670. The molecule has 0 aliphatic carbocycles. The third-order valence-corrected chi connectivity index (χ3v) is 5.40. The van der Waals surface area contributed by atoms with Crippen LogP contribution in [0, 0.1) is 0 Å². The Morgan fingerprint density at radius 1 is 1.26 bits per heavy atom. The number of amides is 1. The molecule has 0 radical (unpaired) electrons. The fourth-order valence-corrected chi connectivity index (χ4v) is 3.36. The van der Waals surface area contributed by atoms with E-state index in [0.717, 1.165) is 6.42 Å². The number of ether oxygens (including phenoxy) is 1. The Bertz CT molecular complexity index is 255. The zero-order valence-corrected chi connectivity index (χ0v) is 13.5. The molecule has 0 spiro atoms. The average molecular weight is 294 g/mol. The Morgan fingerprint density at radius 2 is 1.79 bits per heavy atom. The molecule has 1 amide bonds. The molecular weight excluding hydrogens is 268 g/mol. The van der Waals surface area contributed by atoms with Crippen LogP contribution in [-0.2, 0) is 18.0 Å². The summed E-state index contributed by atoms with van der Waals surface area (Å²) in [4.78, 5) is 12.2. The molecule has 0 aromatic rings. The van der Waals surface area contributed by atoms with E-state index in [1.165, 1.54) is 25.9 Å². The second kappa shape index (κ2) is 9.27. The fourth-order valence-electron chi connectivity index (χ4n) is 1.49. The normalized spacial score (nSPS) is 13.2. The van der Waals surface area contributed by atoms with E-state index in [-0.39, 0.29) is 6.10 Å². The number of nitrogens with two attached hydrogens (primary N) is 1. The number of hydrogen-bond acceptors (Lipinski definition) is 6. The number of carbonyl (C=O) groups excluding carboxylic acids is 1. The largest absolute Gasteiger partial charge is 0.637 e. The quantitative estimate of drug-likeness (QED) is 0.637. The summed E-state index contributed by atoms with van der Waals surface area (Å²) in [7, 11) is 1.13. The van der Waals surface area contributed by atoms with Gasteiger partial charge in [-0.2, -0.15) is 0 Å². The highest BCUT2D eigenvalue weighted by atomic mass is 28.4. The van der Waals surface area contributed by atoms with Crippen molar-refractivity contribution in [3.05, 3.63) is 0 Å². The summed E-state index contributed by atoms with van der Waals surface area (Å²) in [6, 6.07) is 0. The zero-order chi connectivity index (χ0) is 14.9. The van der Waals surface area contributed by atoms with Crippen LogP contribution in [0.5, 0.6) is 0 Å². The van der Waals surface area contributed by atoms with Gasteiger partial charge in [0, 0.05) is 27.9 Å². The van der Waals surface area contributed by atoms with E-state index in [0.29, 0.717) is 19.5 Å². The Hall–Kier alpha value is -0.673. The Morgan fingerprint density at radius 3 is 2.16 bits per heavy atom. The highest BCUT2D eigenvalue weighted by molar-refractivity contribution is 6.60. The molecule has 0 bridgehead atoms. The third kappa shape index (κ3) is 5.07. The maximum atomic E-state index is 12.2. The standard InChI is InChI=1S/C11H26N2O5Si/c1-6-10(2)18-11(14)13(9-7-8-12)19(15-3,16-4)17-5/h10H,6-9,12H2,1-5H3. The Kier molecular flexibility index (Phi) is 8.94. The van der Waals surface area contributed by atoms with Crippen LogP contribution in [0.15, 0.2) is 0 Å². The van der Waals surface area contributed by atoms with Crippen molar-refractivity contribution >= 4 is 15.1 Å². The number of carbonyl (C=O) groups is 1. The Labute approximate surface area is 116 Å². The smallest absolute Gasteiger partial charge is 0.447 e. The lowest BCUT2D eigenvalue weighted by Crippen LogP contribution is -2.62. The zero-order valence-electron chi connectivity index (χ0n) is 12.5. The summed E-state index contributed by atoms with van der Waals surface area (Å²) in [5.74, 6) is 0. The SMILES string of the molecule is CCC(C)OC(=O)N(CCCN)[Si](OC)(OC)OC. The first-order valence-electron chi connectivity index (χ1n) is 6.35. The Balaban J connectivity index is 5.00. The predicted molar refractivity (Wildman–Crippen MR) is 73.4 cm³/mol. The van der Waals surface area contributed by atoms with Gasteiger partial charge in [0.15, 0.2) is 0 Å². The molecule has 0 aromatic carbocycles. The van der Waals surface area contributed by atoms with E-state index in [4.69, 9.17) is 23.7 Å². The van der Waals surface area contributed by atoms with Crippen LogP contribution in [-0.4, -0.2) is 60.1 Å². The van der Waals surface area contributed by atoms with Crippen molar-refractivity contribution < 1.29 is 22.8 Å². The van der Waals surface area contributed by atoms with Crippen LogP contribution in [0.1, 0.15) is 26.7 Å². The van der Waals surface area contributed by atoms with E-state index in [2.05, 4.69) is 0 Å². The van der Waals surface area contributed by atoms with Crippen LogP contribution in [0.4, 0.5) is 4.79 Å². The first-order chi connectivity index (χ1) is 9.01. The van der Waals surface area contributed by atoms with Crippen molar-refractivity contribution in [2.24, 2.45) is 5.73 Å². The molecular formula is C11H26N2O5Si. The van der Waals surface area contributed by atoms with E-state index in [1.54, 1.807) is 0 Å². The molecule has 114 valence electrons. The molecule has 0 heterocycles. The molecule has 0 aliphatic rings. The maximum Gasteiger partial charge on any atom is 0.637 e. The van der Waals surface area contributed by atoms with Crippen LogP contribution in [0.3, 0.4) is 0 Å². The number of nitrogens with zero attached hydrogens (tertiary/aromatic N) is 1. The summed E-state index contributed by atoms with van der Waals surface area (Å²) in [6.45, 7) is 4.59. The molecule has 0 fully saturated rings. The fraction of sp³-hybridized carbons (Fsp3) is 0.909. The monoisotopic (exact) mass is 294 g/mol. The van der Waals surface area contributed by atoms with Gasteiger partial charge in [-0.05, 0) is 26.3 Å². The van der Waals surface area contributed by atoms with E-state index < -0.39 is 15.1 Å². The highest BCUT2D eigenvalue weighted by Crippen LogP contribution is 2.16. The van der Waals surface area contributed by atoms with Crippen LogP contribution >= 0.6 is 0 Å². The minimum atomic E-state index is -3.22. The van der Waals surface area contributed by atoms with Crippen molar-refractivity contribution in [1.29, 1.82) is 0 Å². The summed E-state index contributed by atoms with van der Waals surface area (Å²) in [5.41, 5.74) is 5.49. The molecule has 0 saturated heterocycles. The predicted octanol–water partition coefficient (Wildman–Crippen LogP) is 0.947. The van der Waals surface area contributed by atoms with Crippen LogP contribution < -0.4 is 5.73 Å². The lowest BCUT2D eigenvalue weighted by atomic mass is 10.3. The van der Waals surface area contributed by atoms with E-state index in [1.807, 2.05) is 13.8 Å². The van der Waals surface area contributed by atoms with Gasteiger partial charge in [0.25, 0.3) is 0 Å². The molecule has 8 heteroatoms. The molecule has 0 rings (SSSR count). The van der Waals surface area contributed by atoms with Crippen LogP contribution in [0.25, 0.3) is 0 Å². The molecule has 1 atom stereocenters. The van der Waals surface area contributed by atoms with Gasteiger partial charge in [-0.1, -0.05) is 6.92 Å². The van der Waals surface area contributed by atoms with Crippen molar-refractivity contribution in [1.82, 2.24) is 4.57 Å².